The van der Waals surface area contributed by atoms with Crippen molar-refractivity contribution in [3.05, 3.63) is 30.7 Å². The fraction of sp³-hybridized carbons (Fsp3) is 0.400. The quantitative estimate of drug-likeness (QED) is 0.682. The highest BCUT2D eigenvalue weighted by Gasteiger charge is 2.28. The second-order valence-corrected chi connectivity index (χ2v) is 3.44. The lowest BCUT2D eigenvalue weighted by Gasteiger charge is -2.34. The predicted molar refractivity (Wildman–Crippen MR) is 52.1 cm³/mol. The van der Waals surface area contributed by atoms with Crippen LogP contribution in [0.25, 0.3) is 0 Å². The van der Waals surface area contributed by atoms with E-state index in [1.165, 1.54) is 12.4 Å². The van der Waals surface area contributed by atoms with E-state index < -0.39 is 0 Å². The second kappa shape index (κ2) is 3.94. The molecule has 1 saturated heterocycles. The molecular formula is C10H11N3O2. The van der Waals surface area contributed by atoms with E-state index in [1.54, 1.807) is 11.9 Å². The zero-order valence-electron chi connectivity index (χ0n) is 8.38. The molecule has 2 radical (unpaired) electrons. The normalized spacial score (nSPS) is 15.9. The number of rotatable bonds is 2. The summed E-state index contributed by atoms with van der Waals surface area (Å²) in [6, 6.07) is 0.140. The van der Waals surface area contributed by atoms with Crippen LogP contribution in [-0.2, 0) is 4.74 Å². The fourth-order valence-electron chi connectivity index (χ4n) is 1.28. The van der Waals surface area contributed by atoms with E-state index in [0.717, 1.165) is 0 Å². The third-order valence-electron chi connectivity index (χ3n) is 2.36. The molecule has 1 aliphatic rings. The standard InChI is InChI=1S/C10H11N3O2/c1-7-3-11-4-9(12-7)10(14)13(2)8-5-15-6-8/h1,3-4,8H,5-6H2,2H3. The van der Waals surface area contributed by atoms with Crippen molar-refractivity contribution < 1.29 is 9.53 Å². The summed E-state index contributed by atoms with van der Waals surface area (Å²) >= 11 is 0. The molecular weight excluding hydrogens is 194 g/mol. The Balaban J connectivity index is 2.12. The summed E-state index contributed by atoms with van der Waals surface area (Å²) in [7, 11) is 1.72. The molecule has 5 nitrogen and oxygen atoms in total. The summed E-state index contributed by atoms with van der Waals surface area (Å²) in [4.78, 5) is 21.2. The molecule has 15 heavy (non-hydrogen) atoms. The van der Waals surface area contributed by atoms with Gasteiger partial charge in [0.15, 0.2) is 0 Å². The van der Waals surface area contributed by atoms with Gasteiger partial charge in [-0.05, 0) is 0 Å². The molecule has 0 bridgehead atoms. The lowest BCUT2D eigenvalue weighted by Crippen LogP contribution is -2.49. The Hall–Kier alpha value is -1.49. The Labute approximate surface area is 88.1 Å². The van der Waals surface area contributed by atoms with Crippen molar-refractivity contribution in [2.24, 2.45) is 0 Å². The summed E-state index contributed by atoms with van der Waals surface area (Å²) in [5.41, 5.74) is 0.517. The summed E-state index contributed by atoms with van der Waals surface area (Å²) in [6.45, 7) is 6.61. The van der Waals surface area contributed by atoms with E-state index in [0.29, 0.717) is 13.2 Å². The van der Waals surface area contributed by atoms with Crippen LogP contribution in [0.1, 0.15) is 16.2 Å². The van der Waals surface area contributed by atoms with Crippen LogP contribution < -0.4 is 0 Å². The van der Waals surface area contributed by atoms with Crippen LogP contribution in [0, 0.1) is 6.92 Å². The number of hydrogen-bond donors (Lipinski definition) is 0. The maximum absolute atomic E-state index is 11.8. The van der Waals surface area contributed by atoms with Crippen LogP contribution in [0.15, 0.2) is 12.4 Å². The minimum atomic E-state index is -0.178. The van der Waals surface area contributed by atoms with Gasteiger partial charge in [0, 0.05) is 20.2 Å². The molecule has 0 saturated carbocycles. The molecule has 1 aromatic rings. The number of ether oxygens (including phenoxy) is 1. The Bertz CT molecular complexity index is 377. The van der Waals surface area contributed by atoms with Crippen LogP contribution >= 0.6 is 0 Å². The van der Waals surface area contributed by atoms with Gasteiger partial charge < -0.3 is 9.64 Å². The fourth-order valence-corrected chi connectivity index (χ4v) is 1.28. The largest absolute Gasteiger partial charge is 0.377 e. The molecule has 0 aliphatic carbocycles. The zero-order valence-corrected chi connectivity index (χ0v) is 8.38. The van der Waals surface area contributed by atoms with Gasteiger partial charge in [-0.2, -0.15) is 0 Å². The lowest BCUT2D eigenvalue weighted by atomic mass is 10.2. The number of nitrogens with zero attached hydrogens (tertiary/aromatic N) is 3. The van der Waals surface area contributed by atoms with Gasteiger partial charge in [-0.15, -0.1) is 0 Å². The topological polar surface area (TPSA) is 55.3 Å². The molecule has 1 amide bonds. The highest BCUT2D eigenvalue weighted by molar-refractivity contribution is 5.92. The number of amides is 1. The second-order valence-electron chi connectivity index (χ2n) is 3.44. The Kier molecular flexibility index (Phi) is 2.64. The van der Waals surface area contributed by atoms with Crippen molar-refractivity contribution in [2.45, 2.75) is 6.04 Å². The highest BCUT2D eigenvalue weighted by atomic mass is 16.5. The van der Waals surface area contributed by atoms with Crippen molar-refractivity contribution in [1.29, 1.82) is 0 Å². The maximum Gasteiger partial charge on any atom is 0.274 e. The van der Waals surface area contributed by atoms with E-state index in [-0.39, 0.29) is 23.3 Å². The molecule has 1 aromatic heterocycles. The average Bonchev–Trinajstić information content (AvgIpc) is 2.14. The van der Waals surface area contributed by atoms with Crippen molar-refractivity contribution in [2.75, 3.05) is 20.3 Å². The number of carbonyl (C=O) groups excluding carboxylic acids is 1. The van der Waals surface area contributed by atoms with Gasteiger partial charge in [0.25, 0.3) is 5.91 Å². The van der Waals surface area contributed by atoms with E-state index in [1.807, 2.05) is 0 Å². The van der Waals surface area contributed by atoms with Gasteiger partial charge in [-0.1, -0.05) is 0 Å². The summed E-state index contributed by atoms with van der Waals surface area (Å²) in [6.07, 6.45) is 2.82. The average molecular weight is 205 g/mol. The molecule has 1 aliphatic heterocycles. The van der Waals surface area contributed by atoms with Crippen molar-refractivity contribution in [3.8, 4) is 0 Å². The predicted octanol–water partition coefficient (Wildman–Crippen LogP) is 0.00659. The van der Waals surface area contributed by atoms with E-state index in [9.17, 15) is 4.79 Å². The van der Waals surface area contributed by atoms with Crippen molar-refractivity contribution in [3.63, 3.8) is 0 Å². The van der Waals surface area contributed by atoms with Gasteiger partial charge in [-0.25, -0.2) is 4.98 Å². The Morgan fingerprint density at radius 1 is 1.60 bits per heavy atom. The SMILES string of the molecule is [CH]c1cncc(C(=O)N(C)C2COC2)n1. The van der Waals surface area contributed by atoms with E-state index >= 15 is 0 Å². The molecule has 1 fully saturated rings. The monoisotopic (exact) mass is 205 g/mol. The summed E-state index contributed by atoms with van der Waals surface area (Å²) in [5.74, 6) is -0.178. The third kappa shape index (κ3) is 1.97. The first-order valence-corrected chi connectivity index (χ1v) is 4.61. The minimum Gasteiger partial charge on any atom is -0.377 e. The molecule has 5 heteroatoms. The number of hydrogen-bond acceptors (Lipinski definition) is 4. The molecule has 0 spiro atoms. The highest BCUT2D eigenvalue weighted by Crippen LogP contribution is 2.11. The molecule has 0 atom stereocenters. The number of likely N-dealkylation sites (N-methyl/N-ethyl adjacent to an activating group) is 1. The molecule has 0 aromatic carbocycles. The zero-order chi connectivity index (χ0) is 10.8. The minimum absolute atomic E-state index is 0.140. The summed E-state index contributed by atoms with van der Waals surface area (Å²) in [5, 5.41) is 0. The first-order valence-electron chi connectivity index (χ1n) is 4.61. The van der Waals surface area contributed by atoms with Crippen molar-refractivity contribution >= 4 is 5.91 Å². The van der Waals surface area contributed by atoms with Gasteiger partial charge in [0.1, 0.15) is 5.69 Å². The van der Waals surface area contributed by atoms with Crippen LogP contribution in [0.4, 0.5) is 0 Å². The molecule has 2 heterocycles. The van der Waals surface area contributed by atoms with Gasteiger partial charge in [0.05, 0.1) is 31.1 Å². The molecule has 0 N–H and O–H groups in total. The first kappa shape index (κ1) is 10.0. The van der Waals surface area contributed by atoms with Crippen LogP contribution in [-0.4, -0.2) is 47.1 Å². The van der Waals surface area contributed by atoms with Crippen LogP contribution in [0.3, 0.4) is 0 Å². The molecule has 2 rings (SSSR count). The van der Waals surface area contributed by atoms with Crippen LogP contribution in [0.2, 0.25) is 0 Å². The van der Waals surface area contributed by atoms with Gasteiger partial charge >= 0.3 is 0 Å². The molecule has 78 valence electrons. The first-order chi connectivity index (χ1) is 7.18. The van der Waals surface area contributed by atoms with Crippen molar-refractivity contribution in [1.82, 2.24) is 14.9 Å². The maximum atomic E-state index is 11.8. The third-order valence-corrected chi connectivity index (χ3v) is 2.36. The smallest absolute Gasteiger partial charge is 0.274 e. The van der Waals surface area contributed by atoms with E-state index in [4.69, 9.17) is 11.7 Å². The lowest BCUT2D eigenvalue weighted by molar-refractivity contribution is -0.0469. The molecule has 0 unspecified atom stereocenters. The number of carbonyl (C=O) groups is 1. The van der Waals surface area contributed by atoms with E-state index in [2.05, 4.69) is 9.97 Å². The Morgan fingerprint density at radius 2 is 2.33 bits per heavy atom. The van der Waals surface area contributed by atoms with Crippen LogP contribution in [0.5, 0.6) is 0 Å². The number of aromatic nitrogens is 2. The van der Waals surface area contributed by atoms with Gasteiger partial charge in [-0.3, -0.25) is 9.78 Å². The van der Waals surface area contributed by atoms with Gasteiger partial charge in [0.2, 0.25) is 0 Å². The Morgan fingerprint density at radius 3 is 2.87 bits per heavy atom. The summed E-state index contributed by atoms with van der Waals surface area (Å²) < 4.78 is 5.01.